The molecule has 3 N–H and O–H groups in total. The van der Waals surface area contributed by atoms with E-state index in [1.165, 1.54) is 0 Å². The molecule has 0 fully saturated rings. The Kier molecular flexibility index (Phi) is 5.10. The van der Waals surface area contributed by atoms with Gasteiger partial charge >= 0.3 is 0 Å². The van der Waals surface area contributed by atoms with Gasteiger partial charge < -0.3 is 11.1 Å². The highest BCUT2D eigenvalue weighted by molar-refractivity contribution is 14.1. The number of rotatable bonds is 5. The van der Waals surface area contributed by atoms with Gasteiger partial charge in [0.05, 0.1) is 0 Å². The molecule has 0 spiro atoms. The van der Waals surface area contributed by atoms with Crippen LogP contribution in [0.15, 0.2) is 12.4 Å². The van der Waals surface area contributed by atoms with E-state index in [0.29, 0.717) is 12.5 Å². The molecule has 0 aliphatic rings. The molecule has 1 rings (SSSR count). The lowest BCUT2D eigenvalue weighted by Crippen LogP contribution is -2.29. The predicted molar refractivity (Wildman–Crippen MR) is 66.1 cm³/mol. The third kappa shape index (κ3) is 3.75. The van der Waals surface area contributed by atoms with Crippen LogP contribution in [0.3, 0.4) is 0 Å². The third-order valence-corrected chi connectivity index (χ3v) is 2.43. The van der Waals surface area contributed by atoms with Crippen molar-refractivity contribution in [2.75, 3.05) is 11.9 Å². The van der Waals surface area contributed by atoms with Crippen molar-refractivity contribution in [3.8, 4) is 0 Å². The zero-order valence-electron chi connectivity index (χ0n) is 8.20. The fraction of sp³-hybridized carbons (Fsp3) is 0.556. The van der Waals surface area contributed by atoms with Crippen LogP contribution in [0.5, 0.6) is 0 Å². The van der Waals surface area contributed by atoms with E-state index in [0.717, 1.165) is 16.4 Å². The van der Waals surface area contributed by atoms with Crippen LogP contribution in [0, 0.1) is 3.57 Å². The van der Waals surface area contributed by atoms with Gasteiger partial charge in [0.25, 0.3) is 0 Å². The van der Waals surface area contributed by atoms with Crippen LogP contribution in [-0.2, 0) is 0 Å². The fourth-order valence-electron chi connectivity index (χ4n) is 1.17. The lowest BCUT2D eigenvalue weighted by atomic mass is 10.2. The normalized spacial score (nSPS) is 12.5. The molecule has 0 aromatic carbocycles. The van der Waals surface area contributed by atoms with Gasteiger partial charge in [-0.1, -0.05) is 13.3 Å². The van der Waals surface area contributed by atoms with Crippen LogP contribution in [-0.4, -0.2) is 22.6 Å². The molecule has 14 heavy (non-hydrogen) atoms. The molecule has 5 heteroatoms. The second kappa shape index (κ2) is 6.13. The van der Waals surface area contributed by atoms with Crippen LogP contribution < -0.4 is 11.1 Å². The first kappa shape index (κ1) is 11.6. The molecule has 1 aromatic heterocycles. The van der Waals surface area contributed by atoms with Crippen molar-refractivity contribution in [3.05, 3.63) is 16.0 Å². The number of hydrogen-bond acceptors (Lipinski definition) is 4. The van der Waals surface area contributed by atoms with Gasteiger partial charge in [-0.25, -0.2) is 9.97 Å². The van der Waals surface area contributed by atoms with Gasteiger partial charge in [-0.15, -0.1) is 0 Å². The topological polar surface area (TPSA) is 63.8 Å². The van der Waals surface area contributed by atoms with Gasteiger partial charge in [-0.3, -0.25) is 0 Å². The van der Waals surface area contributed by atoms with Crippen molar-refractivity contribution in [1.29, 1.82) is 0 Å². The molecule has 4 nitrogen and oxygen atoms in total. The van der Waals surface area contributed by atoms with Crippen LogP contribution >= 0.6 is 22.6 Å². The molecule has 0 radical (unpaired) electrons. The van der Waals surface area contributed by atoms with E-state index in [1.54, 1.807) is 12.4 Å². The lowest BCUT2D eigenvalue weighted by Gasteiger charge is -2.15. The van der Waals surface area contributed by atoms with Crippen molar-refractivity contribution in [2.45, 2.75) is 25.8 Å². The van der Waals surface area contributed by atoms with E-state index in [2.05, 4.69) is 44.8 Å². The standard InChI is InChI=1S/C9H15IN4/c1-2-3-8(4-11)14-9-12-5-7(10)6-13-9/h5-6,8H,2-4,11H2,1H3,(H,12,13,14). The highest BCUT2D eigenvalue weighted by atomic mass is 127. The molecule has 1 heterocycles. The Bertz CT molecular complexity index is 262. The SMILES string of the molecule is CCCC(CN)Nc1ncc(I)cn1. The van der Waals surface area contributed by atoms with Crippen molar-refractivity contribution in [2.24, 2.45) is 5.73 Å². The zero-order valence-corrected chi connectivity index (χ0v) is 10.4. The smallest absolute Gasteiger partial charge is 0.222 e. The summed E-state index contributed by atoms with van der Waals surface area (Å²) in [6, 6.07) is 0.278. The number of anilines is 1. The minimum atomic E-state index is 0.278. The first-order valence-electron chi connectivity index (χ1n) is 4.70. The maximum atomic E-state index is 5.62. The number of halogens is 1. The molecule has 0 bridgehead atoms. The third-order valence-electron chi connectivity index (χ3n) is 1.88. The Morgan fingerprint density at radius 2 is 2.14 bits per heavy atom. The summed E-state index contributed by atoms with van der Waals surface area (Å²) in [6.07, 6.45) is 5.73. The molecule has 0 aliphatic carbocycles. The van der Waals surface area contributed by atoms with Crippen molar-refractivity contribution in [1.82, 2.24) is 9.97 Å². The summed E-state index contributed by atoms with van der Waals surface area (Å²) in [4.78, 5) is 8.33. The number of nitrogens with one attached hydrogen (secondary N) is 1. The maximum Gasteiger partial charge on any atom is 0.222 e. The highest BCUT2D eigenvalue weighted by Gasteiger charge is 2.05. The summed E-state index contributed by atoms with van der Waals surface area (Å²) in [6.45, 7) is 2.75. The van der Waals surface area contributed by atoms with E-state index in [1.807, 2.05) is 0 Å². The molecule has 1 unspecified atom stereocenters. The van der Waals surface area contributed by atoms with Gasteiger partial charge in [0.1, 0.15) is 0 Å². The van der Waals surface area contributed by atoms with Crippen molar-refractivity contribution < 1.29 is 0 Å². The Labute approximate surface area is 97.8 Å². The van der Waals surface area contributed by atoms with E-state index in [-0.39, 0.29) is 6.04 Å². The van der Waals surface area contributed by atoms with Gasteiger partial charge in [-0.05, 0) is 29.0 Å². The second-order valence-electron chi connectivity index (χ2n) is 3.09. The molecule has 1 atom stereocenters. The van der Waals surface area contributed by atoms with Crippen LogP contribution in [0.1, 0.15) is 19.8 Å². The van der Waals surface area contributed by atoms with Crippen LogP contribution in [0.25, 0.3) is 0 Å². The molecule has 78 valence electrons. The molecule has 0 amide bonds. The summed E-state index contributed by atoms with van der Waals surface area (Å²) >= 11 is 2.18. The molecule has 0 saturated carbocycles. The molecular formula is C9H15IN4. The van der Waals surface area contributed by atoms with Crippen LogP contribution in [0.2, 0.25) is 0 Å². The van der Waals surface area contributed by atoms with Crippen molar-refractivity contribution >= 4 is 28.5 Å². The summed E-state index contributed by atoms with van der Waals surface area (Å²) in [5, 5.41) is 3.21. The number of aromatic nitrogens is 2. The maximum absolute atomic E-state index is 5.62. The summed E-state index contributed by atoms with van der Waals surface area (Å²) in [7, 11) is 0. The Hall–Kier alpha value is -0.430. The lowest BCUT2D eigenvalue weighted by molar-refractivity contribution is 0.642. The predicted octanol–water partition coefficient (Wildman–Crippen LogP) is 1.62. The van der Waals surface area contributed by atoms with Gasteiger partial charge in [-0.2, -0.15) is 0 Å². The highest BCUT2D eigenvalue weighted by Crippen LogP contribution is 2.06. The Morgan fingerprint density at radius 1 is 1.50 bits per heavy atom. The average Bonchev–Trinajstić information content (AvgIpc) is 2.20. The molecule has 0 aliphatic heterocycles. The van der Waals surface area contributed by atoms with Crippen molar-refractivity contribution in [3.63, 3.8) is 0 Å². The summed E-state index contributed by atoms with van der Waals surface area (Å²) in [5.41, 5.74) is 5.62. The van der Waals surface area contributed by atoms with Gasteiger partial charge in [0.2, 0.25) is 5.95 Å². The fourth-order valence-corrected chi connectivity index (χ4v) is 1.45. The number of nitrogens with zero attached hydrogens (tertiary/aromatic N) is 2. The van der Waals surface area contributed by atoms with E-state index in [4.69, 9.17) is 5.73 Å². The van der Waals surface area contributed by atoms with Gasteiger partial charge in [0, 0.05) is 28.6 Å². The summed E-state index contributed by atoms with van der Waals surface area (Å²) in [5.74, 6) is 0.661. The largest absolute Gasteiger partial charge is 0.350 e. The van der Waals surface area contributed by atoms with E-state index >= 15 is 0 Å². The average molecular weight is 306 g/mol. The monoisotopic (exact) mass is 306 g/mol. The van der Waals surface area contributed by atoms with Gasteiger partial charge in [0.15, 0.2) is 0 Å². The van der Waals surface area contributed by atoms with E-state index in [9.17, 15) is 0 Å². The van der Waals surface area contributed by atoms with Crippen LogP contribution in [0.4, 0.5) is 5.95 Å². The number of hydrogen-bond donors (Lipinski definition) is 2. The first-order valence-corrected chi connectivity index (χ1v) is 5.78. The summed E-state index contributed by atoms with van der Waals surface area (Å²) < 4.78 is 1.04. The Morgan fingerprint density at radius 3 is 2.64 bits per heavy atom. The van der Waals surface area contributed by atoms with E-state index < -0.39 is 0 Å². The minimum Gasteiger partial charge on any atom is -0.350 e. The molecule has 0 saturated heterocycles. The quantitative estimate of drug-likeness (QED) is 0.812. The molecule has 1 aromatic rings. The first-order chi connectivity index (χ1) is 6.76. The number of nitrogens with two attached hydrogens (primary N) is 1. The zero-order chi connectivity index (χ0) is 10.4. The Balaban J connectivity index is 2.53. The minimum absolute atomic E-state index is 0.278. The second-order valence-corrected chi connectivity index (χ2v) is 4.34. The molecular weight excluding hydrogens is 291 g/mol.